The highest BCUT2D eigenvalue weighted by Crippen LogP contribution is 2.43. The van der Waals surface area contributed by atoms with Crippen LogP contribution in [0, 0.1) is 13.8 Å². The maximum Gasteiger partial charge on any atom is 0.295 e. The van der Waals surface area contributed by atoms with Crippen molar-refractivity contribution >= 4 is 45.8 Å². The lowest BCUT2D eigenvalue weighted by Gasteiger charge is -2.25. The van der Waals surface area contributed by atoms with E-state index in [-0.39, 0.29) is 16.8 Å². The van der Waals surface area contributed by atoms with Crippen molar-refractivity contribution < 1.29 is 13.9 Å². The number of anilines is 1. The molecule has 5 nitrogen and oxygen atoms in total. The summed E-state index contributed by atoms with van der Waals surface area (Å²) in [5.41, 5.74) is 3.57. The number of benzene rings is 3. The van der Waals surface area contributed by atoms with Gasteiger partial charge in [0.1, 0.15) is 11.3 Å². The van der Waals surface area contributed by atoms with Crippen molar-refractivity contribution in [2.24, 2.45) is 0 Å². The van der Waals surface area contributed by atoms with Crippen LogP contribution in [0.3, 0.4) is 0 Å². The molecule has 1 aromatic heterocycles. The van der Waals surface area contributed by atoms with Crippen molar-refractivity contribution in [2.75, 3.05) is 12.0 Å². The van der Waals surface area contributed by atoms with Crippen LogP contribution in [0.2, 0.25) is 10.0 Å². The molecule has 0 radical (unpaired) electrons. The van der Waals surface area contributed by atoms with Gasteiger partial charge in [0.15, 0.2) is 5.43 Å². The summed E-state index contributed by atoms with van der Waals surface area (Å²) in [4.78, 5) is 29.0. The second-order valence-corrected chi connectivity index (χ2v) is 8.87. The summed E-state index contributed by atoms with van der Waals surface area (Å²) in [5.74, 6) is 0.195. The van der Waals surface area contributed by atoms with E-state index in [0.29, 0.717) is 38.0 Å². The molecule has 33 heavy (non-hydrogen) atoms. The van der Waals surface area contributed by atoms with E-state index >= 15 is 0 Å². The molecule has 4 aromatic rings. The van der Waals surface area contributed by atoms with Crippen molar-refractivity contribution in [1.29, 1.82) is 0 Å². The number of carbonyl (C=O) groups excluding carboxylic acids is 1. The quantitative estimate of drug-likeness (QED) is 0.337. The Morgan fingerprint density at radius 3 is 2.42 bits per heavy atom. The lowest BCUT2D eigenvalue weighted by Crippen LogP contribution is -2.29. The molecule has 1 atom stereocenters. The minimum atomic E-state index is -0.739. The number of rotatable bonds is 3. The third-order valence-corrected chi connectivity index (χ3v) is 6.82. The van der Waals surface area contributed by atoms with Crippen molar-refractivity contribution in [3.63, 3.8) is 0 Å². The van der Waals surface area contributed by atoms with E-state index in [9.17, 15) is 9.59 Å². The molecule has 0 aliphatic carbocycles. The van der Waals surface area contributed by atoms with Crippen molar-refractivity contribution in [3.8, 4) is 5.75 Å². The molecule has 166 valence electrons. The van der Waals surface area contributed by atoms with E-state index in [2.05, 4.69) is 0 Å². The third kappa shape index (κ3) is 3.39. The number of aryl methyl sites for hydroxylation is 2. The number of ether oxygens (including phenoxy) is 1. The lowest BCUT2D eigenvalue weighted by atomic mass is 9.97. The molecular weight excluding hydrogens is 461 g/mol. The normalized spacial score (nSPS) is 15.2. The molecular formula is C26H19Cl2NO4. The molecule has 0 saturated heterocycles. The number of methoxy groups -OCH3 is 1. The summed E-state index contributed by atoms with van der Waals surface area (Å²) >= 11 is 12.5. The summed E-state index contributed by atoms with van der Waals surface area (Å²) in [6.45, 7) is 3.87. The molecule has 1 amide bonds. The average Bonchev–Trinajstić information content (AvgIpc) is 3.10. The molecule has 1 aliphatic heterocycles. The minimum Gasteiger partial charge on any atom is -0.497 e. The van der Waals surface area contributed by atoms with Crippen molar-refractivity contribution in [2.45, 2.75) is 19.9 Å². The van der Waals surface area contributed by atoms with Gasteiger partial charge in [-0.15, -0.1) is 0 Å². The smallest absolute Gasteiger partial charge is 0.295 e. The number of nitrogens with zero attached hydrogens (tertiary/aromatic N) is 1. The summed E-state index contributed by atoms with van der Waals surface area (Å²) in [7, 11) is 1.55. The van der Waals surface area contributed by atoms with Gasteiger partial charge in [0.05, 0.1) is 34.1 Å². The molecule has 0 saturated carbocycles. The van der Waals surface area contributed by atoms with E-state index in [1.54, 1.807) is 61.7 Å². The third-order valence-electron chi connectivity index (χ3n) is 6.08. The van der Waals surface area contributed by atoms with Crippen LogP contribution in [0.15, 0.2) is 63.8 Å². The molecule has 0 fully saturated rings. The average molecular weight is 480 g/mol. The Kier molecular flexibility index (Phi) is 5.19. The summed E-state index contributed by atoms with van der Waals surface area (Å²) in [6.07, 6.45) is 0. The largest absolute Gasteiger partial charge is 0.497 e. The van der Waals surface area contributed by atoms with Gasteiger partial charge in [-0.1, -0.05) is 35.3 Å². The van der Waals surface area contributed by atoms with E-state index in [0.717, 1.165) is 11.1 Å². The van der Waals surface area contributed by atoms with Crippen molar-refractivity contribution in [1.82, 2.24) is 0 Å². The Morgan fingerprint density at radius 2 is 1.70 bits per heavy atom. The molecule has 0 N–H and O–H groups in total. The van der Waals surface area contributed by atoms with Gasteiger partial charge >= 0.3 is 0 Å². The van der Waals surface area contributed by atoms with Crippen LogP contribution < -0.4 is 15.1 Å². The van der Waals surface area contributed by atoms with Gasteiger partial charge in [-0.25, -0.2) is 0 Å². The fourth-order valence-electron chi connectivity index (χ4n) is 4.25. The number of amides is 1. The van der Waals surface area contributed by atoms with Crippen LogP contribution in [0.5, 0.6) is 5.75 Å². The number of hydrogen-bond acceptors (Lipinski definition) is 4. The van der Waals surface area contributed by atoms with Gasteiger partial charge in [-0.3, -0.25) is 14.5 Å². The summed E-state index contributed by atoms with van der Waals surface area (Å²) < 4.78 is 11.4. The van der Waals surface area contributed by atoms with E-state index in [1.165, 1.54) is 4.90 Å². The van der Waals surface area contributed by atoms with Crippen LogP contribution in [0.4, 0.5) is 5.69 Å². The Bertz CT molecular complexity index is 1510. The van der Waals surface area contributed by atoms with Gasteiger partial charge in [-0.2, -0.15) is 0 Å². The molecule has 0 bridgehead atoms. The number of fused-ring (bicyclic) bond motifs is 2. The zero-order valence-electron chi connectivity index (χ0n) is 18.1. The first-order valence-corrected chi connectivity index (χ1v) is 11.1. The SMILES string of the molecule is COc1cccc(N2C(=O)c3oc4cc(C)c(C)cc4c(=O)c3C2c2ccc(Cl)c(Cl)c2)c1. The number of halogens is 2. The molecule has 7 heteroatoms. The molecule has 2 heterocycles. The van der Waals surface area contributed by atoms with Crippen LogP contribution in [-0.2, 0) is 0 Å². The second-order valence-electron chi connectivity index (χ2n) is 8.06. The molecule has 1 unspecified atom stereocenters. The first kappa shape index (κ1) is 21.6. The van der Waals surface area contributed by atoms with Gasteiger partial charge in [0, 0.05) is 11.8 Å². The summed E-state index contributed by atoms with van der Waals surface area (Å²) in [6, 6.07) is 15.1. The van der Waals surface area contributed by atoms with Gasteiger partial charge in [0.25, 0.3) is 5.91 Å². The lowest BCUT2D eigenvalue weighted by molar-refractivity contribution is 0.0971. The minimum absolute atomic E-state index is 0.0228. The van der Waals surface area contributed by atoms with Gasteiger partial charge in [0.2, 0.25) is 5.76 Å². The Morgan fingerprint density at radius 1 is 0.939 bits per heavy atom. The van der Waals surface area contributed by atoms with E-state index in [4.69, 9.17) is 32.4 Å². The molecule has 3 aromatic carbocycles. The predicted octanol–water partition coefficient (Wildman–Crippen LogP) is 6.48. The maximum atomic E-state index is 13.7. The Hall–Kier alpha value is -3.28. The van der Waals surface area contributed by atoms with Gasteiger partial charge in [-0.05, 0) is 66.9 Å². The highest BCUT2D eigenvalue weighted by atomic mass is 35.5. The van der Waals surface area contributed by atoms with Crippen LogP contribution in [-0.4, -0.2) is 13.0 Å². The fraction of sp³-hybridized carbons (Fsp3) is 0.154. The first-order chi connectivity index (χ1) is 15.8. The molecule has 0 spiro atoms. The zero-order chi connectivity index (χ0) is 23.4. The second kappa shape index (κ2) is 7.94. The monoisotopic (exact) mass is 479 g/mol. The highest BCUT2D eigenvalue weighted by Gasteiger charge is 2.44. The highest BCUT2D eigenvalue weighted by molar-refractivity contribution is 6.42. The Labute approximate surface area is 200 Å². The van der Waals surface area contributed by atoms with Crippen LogP contribution in [0.25, 0.3) is 11.0 Å². The summed E-state index contributed by atoms with van der Waals surface area (Å²) in [5, 5.41) is 1.15. The molecule has 5 rings (SSSR count). The van der Waals surface area contributed by atoms with E-state index in [1.807, 2.05) is 13.8 Å². The van der Waals surface area contributed by atoms with Crippen molar-refractivity contribution in [3.05, 3.63) is 103 Å². The zero-order valence-corrected chi connectivity index (χ0v) is 19.6. The number of carbonyl (C=O) groups is 1. The molecule has 1 aliphatic rings. The predicted molar refractivity (Wildman–Crippen MR) is 130 cm³/mol. The maximum absolute atomic E-state index is 13.7. The topological polar surface area (TPSA) is 59.8 Å². The Balaban J connectivity index is 1.83. The first-order valence-electron chi connectivity index (χ1n) is 10.3. The standard InChI is InChI=1S/C26H19Cl2NO4/c1-13-9-18-21(10-14(13)2)33-25-22(24(18)30)23(15-7-8-19(27)20(28)11-15)29(26(25)31)16-5-4-6-17(12-16)32-3/h4-12,23H,1-3H3. The van der Waals surface area contributed by atoms with E-state index < -0.39 is 11.9 Å². The van der Waals surface area contributed by atoms with Crippen LogP contribution >= 0.6 is 23.2 Å². The van der Waals surface area contributed by atoms with Crippen LogP contribution in [0.1, 0.15) is 38.9 Å². The number of hydrogen-bond donors (Lipinski definition) is 0. The van der Waals surface area contributed by atoms with Gasteiger partial charge < -0.3 is 9.15 Å². The fourth-order valence-corrected chi connectivity index (χ4v) is 4.56.